The van der Waals surface area contributed by atoms with Crippen molar-refractivity contribution in [3.8, 4) is 0 Å². The molecule has 4 rings (SSSR count). The lowest BCUT2D eigenvalue weighted by Gasteiger charge is -2.37. The number of esters is 1. The molecule has 2 fully saturated rings. The number of carbonyl (C=O) groups is 2. The number of rotatable bonds is 5. The van der Waals surface area contributed by atoms with Crippen LogP contribution in [0.15, 0.2) is 16.5 Å². The van der Waals surface area contributed by atoms with Crippen molar-refractivity contribution in [1.29, 1.82) is 0 Å². The Morgan fingerprint density at radius 1 is 1.17 bits per heavy atom. The number of oxazole rings is 1. The molecule has 2 heterocycles. The minimum Gasteiger partial charge on any atom is -0.463 e. The predicted molar refractivity (Wildman–Crippen MR) is 99.5 cm³/mol. The molecular weight excluding hydrogens is 422 g/mol. The van der Waals surface area contributed by atoms with Gasteiger partial charge in [0.15, 0.2) is 23.5 Å². The van der Waals surface area contributed by atoms with Crippen LogP contribution in [0.4, 0.5) is 0 Å². The average Bonchev–Trinajstić information content (AvgIpc) is 3.42. The Kier molecular flexibility index (Phi) is 5.56. The summed E-state index contributed by atoms with van der Waals surface area (Å²) < 4.78 is 15.4. The highest BCUT2D eigenvalue weighted by molar-refractivity contribution is 6.35. The third-order valence-electron chi connectivity index (χ3n) is 5.34. The van der Waals surface area contributed by atoms with Gasteiger partial charge in [-0.3, -0.25) is 9.59 Å². The molecule has 0 spiro atoms. The normalized spacial score (nSPS) is 33.5. The highest BCUT2D eigenvalue weighted by Gasteiger charge is 2.50. The zero-order valence-corrected chi connectivity index (χ0v) is 16.5. The summed E-state index contributed by atoms with van der Waals surface area (Å²) in [5, 5.41) is 38.8. The summed E-state index contributed by atoms with van der Waals surface area (Å²) in [6.45, 7) is 1.21. The highest BCUT2D eigenvalue weighted by atomic mass is 35.5. The maximum Gasteiger partial charge on any atom is 0.309 e. The van der Waals surface area contributed by atoms with E-state index in [4.69, 9.17) is 25.5 Å². The second-order valence-corrected chi connectivity index (χ2v) is 7.93. The lowest BCUT2D eigenvalue weighted by Crippen LogP contribution is -2.58. The van der Waals surface area contributed by atoms with Gasteiger partial charge in [0.2, 0.25) is 0 Å². The molecule has 7 unspecified atom stereocenters. The number of carbonyl (C=O) groups excluding carboxylic acids is 2. The molecule has 2 aromatic rings. The van der Waals surface area contributed by atoms with Gasteiger partial charge in [-0.05, 0) is 18.6 Å². The van der Waals surface area contributed by atoms with Gasteiger partial charge in [-0.15, -0.1) is 0 Å². The van der Waals surface area contributed by atoms with E-state index in [9.17, 15) is 30.0 Å². The van der Waals surface area contributed by atoms with E-state index in [1.54, 1.807) is 13.0 Å². The van der Waals surface area contributed by atoms with Crippen LogP contribution in [0.1, 0.15) is 22.7 Å². The summed E-state index contributed by atoms with van der Waals surface area (Å²) in [6, 6.07) is 3.03. The molecule has 162 valence electrons. The minimum atomic E-state index is -1.72. The SMILES string of the molecule is Cc1nc2cc(C(=O)C3CC3C(=O)OCC3OC(O)C(O)C(O)C3O)cc(Cl)c2o1. The smallest absolute Gasteiger partial charge is 0.309 e. The fourth-order valence-corrected chi connectivity index (χ4v) is 3.80. The van der Waals surface area contributed by atoms with Gasteiger partial charge in [-0.2, -0.15) is 0 Å². The van der Waals surface area contributed by atoms with Gasteiger partial charge < -0.3 is 34.3 Å². The number of aliphatic hydroxyl groups is 4. The molecule has 1 saturated heterocycles. The molecule has 4 N–H and O–H groups in total. The van der Waals surface area contributed by atoms with Crippen molar-refractivity contribution in [2.75, 3.05) is 6.61 Å². The van der Waals surface area contributed by atoms with E-state index in [0.29, 0.717) is 29.0 Å². The lowest BCUT2D eigenvalue weighted by atomic mass is 9.99. The van der Waals surface area contributed by atoms with Crippen LogP contribution in [0.2, 0.25) is 5.02 Å². The quantitative estimate of drug-likeness (QED) is 0.366. The Morgan fingerprint density at radius 2 is 1.90 bits per heavy atom. The average molecular weight is 442 g/mol. The van der Waals surface area contributed by atoms with Crippen LogP contribution in [0.5, 0.6) is 0 Å². The first-order chi connectivity index (χ1) is 14.2. The zero-order chi connectivity index (χ0) is 21.7. The molecule has 11 heteroatoms. The van der Waals surface area contributed by atoms with Crippen molar-refractivity contribution in [3.63, 3.8) is 0 Å². The molecule has 30 heavy (non-hydrogen) atoms. The third kappa shape index (κ3) is 3.82. The number of aromatic nitrogens is 1. The number of hydrogen-bond donors (Lipinski definition) is 4. The summed E-state index contributed by atoms with van der Waals surface area (Å²) in [5.74, 6) is -1.76. The van der Waals surface area contributed by atoms with Gasteiger partial charge in [0.25, 0.3) is 0 Å². The highest BCUT2D eigenvalue weighted by Crippen LogP contribution is 2.43. The number of aliphatic hydroxyl groups excluding tert-OH is 4. The first-order valence-corrected chi connectivity index (χ1v) is 9.70. The van der Waals surface area contributed by atoms with E-state index in [0.717, 1.165) is 0 Å². The minimum absolute atomic E-state index is 0.249. The second-order valence-electron chi connectivity index (χ2n) is 7.52. The van der Waals surface area contributed by atoms with Crippen molar-refractivity contribution in [3.05, 3.63) is 28.6 Å². The summed E-state index contributed by atoms with van der Waals surface area (Å²) >= 11 is 6.15. The van der Waals surface area contributed by atoms with Crippen LogP contribution in [-0.4, -0.2) is 74.5 Å². The van der Waals surface area contributed by atoms with Gasteiger partial charge in [0, 0.05) is 18.4 Å². The Hall–Kier alpha value is -2.08. The fraction of sp³-hybridized carbons (Fsp3) is 0.526. The van der Waals surface area contributed by atoms with E-state index in [1.807, 2.05) is 0 Å². The first kappa shape index (κ1) is 21.2. The molecule has 1 saturated carbocycles. The maximum absolute atomic E-state index is 12.7. The van der Waals surface area contributed by atoms with Crippen LogP contribution in [0, 0.1) is 18.8 Å². The number of aryl methyl sites for hydroxylation is 1. The molecule has 0 radical (unpaired) electrons. The second kappa shape index (κ2) is 7.88. The largest absolute Gasteiger partial charge is 0.463 e. The number of fused-ring (bicyclic) bond motifs is 1. The fourth-order valence-electron chi connectivity index (χ4n) is 3.54. The van der Waals surface area contributed by atoms with Crippen LogP contribution < -0.4 is 0 Å². The Morgan fingerprint density at radius 3 is 2.63 bits per heavy atom. The van der Waals surface area contributed by atoms with Crippen LogP contribution in [0.25, 0.3) is 11.1 Å². The number of Topliss-reactive ketones (excluding diaryl/α,β-unsaturated/α-hetero) is 1. The van der Waals surface area contributed by atoms with E-state index in [1.165, 1.54) is 6.07 Å². The van der Waals surface area contributed by atoms with Gasteiger partial charge in [-0.25, -0.2) is 4.98 Å². The number of ether oxygens (including phenoxy) is 2. The summed E-state index contributed by atoms with van der Waals surface area (Å²) in [4.78, 5) is 29.2. The predicted octanol–water partition coefficient (Wildman–Crippen LogP) is -0.0485. The topological polar surface area (TPSA) is 160 Å². The molecule has 10 nitrogen and oxygen atoms in total. The molecular formula is C19H20ClNO9. The van der Waals surface area contributed by atoms with E-state index >= 15 is 0 Å². The van der Waals surface area contributed by atoms with Crippen molar-refractivity contribution >= 4 is 34.5 Å². The van der Waals surface area contributed by atoms with E-state index in [2.05, 4.69) is 4.98 Å². The van der Waals surface area contributed by atoms with E-state index in [-0.39, 0.29) is 10.8 Å². The molecule has 1 aliphatic heterocycles. The maximum atomic E-state index is 12.7. The van der Waals surface area contributed by atoms with Crippen molar-refractivity contribution in [2.24, 2.45) is 11.8 Å². The van der Waals surface area contributed by atoms with Crippen molar-refractivity contribution < 1.29 is 43.9 Å². The lowest BCUT2D eigenvalue weighted by molar-refractivity contribution is -0.287. The van der Waals surface area contributed by atoms with Gasteiger partial charge in [0.1, 0.15) is 36.5 Å². The Bertz CT molecular complexity index is 992. The van der Waals surface area contributed by atoms with Crippen LogP contribution >= 0.6 is 11.6 Å². The van der Waals surface area contributed by atoms with Crippen LogP contribution in [-0.2, 0) is 14.3 Å². The molecule has 2 aliphatic rings. The number of hydrogen-bond acceptors (Lipinski definition) is 10. The standard InChI is InChI=1S/C19H20ClNO9/c1-6-21-11-3-7(2-10(20)17(11)29-6)13(22)8-4-9(8)18(26)28-5-12-14(23)15(24)16(25)19(27)30-12/h2-3,8-9,12,14-16,19,23-25,27H,4-5H2,1H3. The third-order valence-corrected chi connectivity index (χ3v) is 5.62. The first-order valence-electron chi connectivity index (χ1n) is 9.32. The number of nitrogens with zero attached hydrogens (tertiary/aromatic N) is 1. The Labute approximate surface area is 175 Å². The van der Waals surface area contributed by atoms with Gasteiger partial charge in [0.05, 0.1) is 10.9 Å². The van der Waals surface area contributed by atoms with Crippen molar-refractivity contribution in [2.45, 2.75) is 44.1 Å². The molecule has 1 aromatic heterocycles. The molecule has 7 atom stereocenters. The number of halogens is 1. The van der Waals surface area contributed by atoms with Gasteiger partial charge >= 0.3 is 5.97 Å². The zero-order valence-electron chi connectivity index (χ0n) is 15.8. The molecule has 1 aromatic carbocycles. The molecule has 1 aliphatic carbocycles. The Balaban J connectivity index is 1.36. The molecule has 0 bridgehead atoms. The summed E-state index contributed by atoms with van der Waals surface area (Å²) in [5.41, 5.74) is 1.15. The monoisotopic (exact) mass is 441 g/mol. The van der Waals surface area contributed by atoms with Crippen LogP contribution in [0.3, 0.4) is 0 Å². The van der Waals surface area contributed by atoms with E-state index < -0.39 is 55.1 Å². The molecule has 0 amide bonds. The van der Waals surface area contributed by atoms with Gasteiger partial charge in [-0.1, -0.05) is 11.6 Å². The number of benzene rings is 1. The number of ketones is 1. The summed E-state index contributed by atoms with van der Waals surface area (Å²) in [7, 11) is 0. The van der Waals surface area contributed by atoms with Crippen molar-refractivity contribution in [1.82, 2.24) is 4.98 Å². The summed E-state index contributed by atoms with van der Waals surface area (Å²) in [6.07, 6.45) is -7.51.